The van der Waals surface area contributed by atoms with Gasteiger partial charge in [-0.05, 0) is 112 Å². The van der Waals surface area contributed by atoms with Crippen molar-refractivity contribution in [3.63, 3.8) is 0 Å². The number of rotatable bonds is 7. The third kappa shape index (κ3) is 6.18. The Kier molecular flexibility index (Phi) is 9.11. The summed E-state index contributed by atoms with van der Waals surface area (Å²) in [4.78, 5) is 10.5. The van der Waals surface area contributed by atoms with Gasteiger partial charge in [-0.1, -0.05) is 231 Å². The van der Waals surface area contributed by atoms with Crippen molar-refractivity contribution >= 4 is 32.3 Å². The molecule has 0 bridgehead atoms. The van der Waals surface area contributed by atoms with Crippen LogP contribution in [0.3, 0.4) is 0 Å². The fourth-order valence-corrected chi connectivity index (χ4v) is 11.0. The highest BCUT2D eigenvalue weighted by Gasteiger charge is 2.48. The van der Waals surface area contributed by atoms with E-state index in [4.69, 9.17) is 9.97 Å². The summed E-state index contributed by atoms with van der Waals surface area (Å²) in [7, 11) is 0. The minimum absolute atomic E-state index is 0.570. The predicted octanol–water partition coefficient (Wildman–Crippen LogP) is 16.6. The predicted molar refractivity (Wildman–Crippen MR) is 279 cm³/mol. The molecule has 312 valence electrons. The second-order valence-electron chi connectivity index (χ2n) is 17.6. The second kappa shape index (κ2) is 15.8. The van der Waals surface area contributed by atoms with E-state index in [2.05, 4.69) is 243 Å². The van der Waals surface area contributed by atoms with Gasteiger partial charge in [0.25, 0.3) is 0 Å². The molecular weight excluding hydrogens is 809 g/mol. The Hall–Kier alpha value is -8.72. The average molecular weight is 851 g/mol. The summed E-state index contributed by atoms with van der Waals surface area (Å²) in [5.41, 5.74) is 16.8. The average Bonchev–Trinajstić information content (AvgIpc) is 3.70. The zero-order chi connectivity index (χ0) is 44.3. The van der Waals surface area contributed by atoms with Crippen LogP contribution >= 0.6 is 0 Å². The van der Waals surface area contributed by atoms with Crippen molar-refractivity contribution < 1.29 is 0 Å². The lowest BCUT2D eigenvalue weighted by Crippen LogP contribution is -2.29. The second-order valence-corrected chi connectivity index (χ2v) is 17.6. The quantitative estimate of drug-likeness (QED) is 0.160. The van der Waals surface area contributed by atoms with E-state index < -0.39 is 5.41 Å². The number of hydrogen-bond donors (Lipinski definition) is 0. The van der Waals surface area contributed by atoms with Crippen LogP contribution in [0.2, 0.25) is 0 Å². The molecule has 0 unspecified atom stereocenters. The lowest BCUT2D eigenvalue weighted by Gasteiger charge is -2.35. The summed E-state index contributed by atoms with van der Waals surface area (Å²) < 4.78 is 0. The molecule has 0 radical (unpaired) electrons. The van der Waals surface area contributed by atoms with E-state index in [0.29, 0.717) is 5.82 Å². The van der Waals surface area contributed by atoms with Gasteiger partial charge < -0.3 is 0 Å². The van der Waals surface area contributed by atoms with Gasteiger partial charge in [-0.25, -0.2) is 9.97 Å². The van der Waals surface area contributed by atoms with Crippen LogP contribution in [-0.2, 0) is 5.41 Å². The normalized spacial score (nSPS) is 12.6. The van der Waals surface area contributed by atoms with E-state index in [1.54, 1.807) is 0 Å². The maximum atomic E-state index is 5.25. The molecule has 2 nitrogen and oxygen atoms in total. The van der Waals surface area contributed by atoms with Crippen LogP contribution in [0.15, 0.2) is 255 Å². The first-order valence-corrected chi connectivity index (χ1v) is 23.1. The van der Waals surface area contributed by atoms with Crippen molar-refractivity contribution in [1.82, 2.24) is 9.97 Å². The first kappa shape index (κ1) is 38.7. The molecule has 12 aromatic rings. The molecular formula is C65H42N2. The van der Waals surface area contributed by atoms with Gasteiger partial charge in [0, 0.05) is 16.7 Å². The van der Waals surface area contributed by atoms with Crippen molar-refractivity contribution in [1.29, 1.82) is 0 Å². The molecule has 1 aromatic heterocycles. The van der Waals surface area contributed by atoms with Crippen LogP contribution in [0.25, 0.3) is 99.6 Å². The van der Waals surface area contributed by atoms with E-state index in [1.807, 2.05) is 12.1 Å². The first-order valence-electron chi connectivity index (χ1n) is 23.1. The van der Waals surface area contributed by atoms with Crippen LogP contribution in [0.4, 0.5) is 0 Å². The smallest absolute Gasteiger partial charge is 0.161 e. The molecule has 11 aromatic carbocycles. The molecule has 1 aliphatic rings. The van der Waals surface area contributed by atoms with Gasteiger partial charge in [-0.3, -0.25) is 0 Å². The molecule has 0 saturated carbocycles. The molecule has 0 N–H and O–H groups in total. The summed E-state index contributed by atoms with van der Waals surface area (Å²) in [5.74, 6) is 0.704. The van der Waals surface area contributed by atoms with Gasteiger partial charge in [0.05, 0.1) is 16.8 Å². The van der Waals surface area contributed by atoms with Gasteiger partial charge in [-0.15, -0.1) is 0 Å². The van der Waals surface area contributed by atoms with E-state index in [1.165, 1.54) is 77.2 Å². The SMILES string of the molecule is c1ccc(-c2cc(-c3ccccc3)nc(-c3ccc(-c4ccc(-c5cccc6c5C(c5ccccc5)(c5ccccc5)c5cc7ccccc7cc5-6)c5ccccc45)c4ccccc34)n2)cc1. The lowest BCUT2D eigenvalue weighted by molar-refractivity contribution is 0.771. The van der Waals surface area contributed by atoms with Crippen molar-refractivity contribution in [2.24, 2.45) is 0 Å². The Morgan fingerprint density at radius 1 is 0.269 bits per heavy atom. The summed E-state index contributed by atoms with van der Waals surface area (Å²) in [5, 5.41) is 7.17. The van der Waals surface area contributed by atoms with E-state index >= 15 is 0 Å². The third-order valence-electron chi connectivity index (χ3n) is 14.0. The fourth-order valence-electron chi connectivity index (χ4n) is 11.0. The molecule has 13 rings (SSSR count). The Labute approximate surface area is 390 Å². The molecule has 2 heteroatoms. The lowest BCUT2D eigenvalue weighted by atomic mass is 9.66. The number of fused-ring (bicyclic) bond motifs is 6. The van der Waals surface area contributed by atoms with Crippen molar-refractivity contribution in [3.05, 3.63) is 277 Å². The zero-order valence-electron chi connectivity index (χ0n) is 36.6. The molecule has 0 spiro atoms. The minimum atomic E-state index is -0.570. The van der Waals surface area contributed by atoms with Gasteiger partial charge in [0.1, 0.15) is 0 Å². The summed E-state index contributed by atoms with van der Waals surface area (Å²) in [6.07, 6.45) is 0. The van der Waals surface area contributed by atoms with Crippen LogP contribution in [0.1, 0.15) is 22.3 Å². The van der Waals surface area contributed by atoms with Crippen molar-refractivity contribution in [2.45, 2.75) is 5.41 Å². The minimum Gasteiger partial charge on any atom is -0.228 e. The van der Waals surface area contributed by atoms with Crippen LogP contribution in [-0.4, -0.2) is 9.97 Å². The van der Waals surface area contributed by atoms with Crippen LogP contribution in [0, 0.1) is 0 Å². The van der Waals surface area contributed by atoms with Crippen molar-refractivity contribution in [3.8, 4) is 67.3 Å². The molecule has 1 aliphatic carbocycles. The maximum absolute atomic E-state index is 5.25. The monoisotopic (exact) mass is 850 g/mol. The highest BCUT2D eigenvalue weighted by Crippen LogP contribution is 2.60. The Balaban J connectivity index is 1.03. The summed E-state index contributed by atoms with van der Waals surface area (Å²) >= 11 is 0. The fraction of sp³-hybridized carbons (Fsp3) is 0.0154. The van der Waals surface area contributed by atoms with E-state index in [-0.39, 0.29) is 0 Å². The van der Waals surface area contributed by atoms with Gasteiger partial charge in [0.2, 0.25) is 0 Å². The standard InChI is InChI=1S/C65H42N2/c1-5-20-43(21-6-1)61-42-62(44-22-7-2-8-23-44)67-64(66-61)58-39-38-54(51-32-17-18-33-52(51)58)53-36-37-55(50-31-16-15-30-49(50)53)56-34-19-35-57-59-40-45-24-13-14-25-46(45)41-60(59)65(63(56)57,47-26-9-3-10-27-47)48-28-11-4-12-29-48/h1-42H. The molecule has 0 saturated heterocycles. The van der Waals surface area contributed by atoms with Crippen molar-refractivity contribution in [2.75, 3.05) is 0 Å². The molecule has 0 atom stereocenters. The first-order chi connectivity index (χ1) is 33.2. The molecule has 1 heterocycles. The topological polar surface area (TPSA) is 25.8 Å². The maximum Gasteiger partial charge on any atom is 0.161 e. The molecule has 0 amide bonds. The largest absolute Gasteiger partial charge is 0.228 e. The Bertz CT molecular complexity index is 3740. The number of benzene rings is 11. The van der Waals surface area contributed by atoms with Gasteiger partial charge >= 0.3 is 0 Å². The highest BCUT2D eigenvalue weighted by molar-refractivity contribution is 6.13. The van der Waals surface area contributed by atoms with E-state index in [9.17, 15) is 0 Å². The van der Waals surface area contributed by atoms with E-state index in [0.717, 1.165) is 38.9 Å². The zero-order valence-corrected chi connectivity index (χ0v) is 36.6. The van der Waals surface area contributed by atoms with Gasteiger partial charge in [0.15, 0.2) is 5.82 Å². The summed E-state index contributed by atoms with van der Waals surface area (Å²) in [6.45, 7) is 0. The number of nitrogens with zero attached hydrogens (tertiary/aromatic N) is 2. The number of aromatic nitrogens is 2. The molecule has 67 heavy (non-hydrogen) atoms. The Morgan fingerprint density at radius 2 is 0.657 bits per heavy atom. The number of hydrogen-bond acceptors (Lipinski definition) is 2. The summed E-state index contributed by atoms with van der Waals surface area (Å²) in [6, 6.07) is 92.7. The Morgan fingerprint density at radius 3 is 1.16 bits per heavy atom. The molecule has 0 fully saturated rings. The van der Waals surface area contributed by atoms with Crippen LogP contribution < -0.4 is 0 Å². The highest BCUT2D eigenvalue weighted by atomic mass is 14.9. The van der Waals surface area contributed by atoms with Gasteiger partial charge in [-0.2, -0.15) is 0 Å². The third-order valence-corrected chi connectivity index (χ3v) is 14.0. The molecule has 0 aliphatic heterocycles. The van der Waals surface area contributed by atoms with Crippen LogP contribution in [0.5, 0.6) is 0 Å².